The zero-order chi connectivity index (χ0) is 12.6. The summed E-state index contributed by atoms with van der Waals surface area (Å²) in [5, 5.41) is 13.2. The van der Waals surface area contributed by atoms with Crippen LogP contribution in [0.25, 0.3) is 0 Å². The monoisotopic (exact) mass is 242 g/mol. The van der Waals surface area contributed by atoms with Crippen molar-refractivity contribution in [3.8, 4) is 6.07 Å². The minimum atomic E-state index is -0.348. The van der Waals surface area contributed by atoms with Gasteiger partial charge in [-0.05, 0) is 38.0 Å². The lowest BCUT2D eigenvalue weighted by atomic mass is 10.0. The fraction of sp³-hybridized carbons (Fsp3) is 0.923. The van der Waals surface area contributed by atoms with Gasteiger partial charge in [0.25, 0.3) is 0 Å². The lowest BCUT2D eigenvalue weighted by Crippen LogP contribution is -2.41. The maximum Gasteiger partial charge on any atom is 0.104 e. The maximum absolute atomic E-state index is 9.16. The van der Waals surface area contributed by atoms with Crippen molar-refractivity contribution in [1.82, 2.24) is 5.32 Å². The van der Waals surface area contributed by atoms with E-state index in [4.69, 9.17) is 5.26 Å². The van der Waals surface area contributed by atoms with Crippen molar-refractivity contribution in [2.75, 3.05) is 12.3 Å². The van der Waals surface area contributed by atoms with Crippen molar-refractivity contribution in [3.05, 3.63) is 0 Å². The average Bonchev–Trinajstić information content (AvgIpc) is 2.26. The predicted octanol–water partition coefficient (Wildman–Crippen LogP) is 3.44. The van der Waals surface area contributed by atoms with Gasteiger partial charge in [0.15, 0.2) is 0 Å². The molecule has 0 radical (unpaired) electrons. The van der Waals surface area contributed by atoms with Gasteiger partial charge in [-0.1, -0.05) is 27.7 Å². The molecule has 0 aromatic heterocycles. The first-order valence-electron chi connectivity index (χ1n) is 6.23. The van der Waals surface area contributed by atoms with Crippen LogP contribution < -0.4 is 5.32 Å². The van der Waals surface area contributed by atoms with Gasteiger partial charge >= 0.3 is 0 Å². The predicted molar refractivity (Wildman–Crippen MR) is 73.7 cm³/mol. The summed E-state index contributed by atoms with van der Waals surface area (Å²) in [6, 6.07) is 2.39. The van der Waals surface area contributed by atoms with Gasteiger partial charge in [-0.25, -0.2) is 0 Å². The number of hydrogen-bond acceptors (Lipinski definition) is 3. The molecular weight excluding hydrogens is 216 g/mol. The molecule has 3 heteroatoms. The Hall–Kier alpha value is -0.200. The molecule has 0 heterocycles. The summed E-state index contributed by atoms with van der Waals surface area (Å²) in [7, 11) is 0. The Bertz CT molecular complexity index is 222. The molecule has 0 aliphatic heterocycles. The molecule has 0 saturated heterocycles. The van der Waals surface area contributed by atoms with Crippen LogP contribution in [0.1, 0.15) is 47.5 Å². The molecule has 94 valence electrons. The molecule has 0 aliphatic carbocycles. The summed E-state index contributed by atoms with van der Waals surface area (Å²) in [6.45, 7) is 11.8. The third-order valence-electron chi connectivity index (χ3n) is 2.93. The van der Waals surface area contributed by atoms with E-state index in [1.54, 1.807) is 0 Å². The van der Waals surface area contributed by atoms with E-state index in [1.807, 2.05) is 18.7 Å². The summed E-state index contributed by atoms with van der Waals surface area (Å²) in [6.07, 6.45) is 2.00. The Morgan fingerprint density at radius 2 is 2.00 bits per heavy atom. The first kappa shape index (κ1) is 15.8. The highest BCUT2D eigenvalue weighted by molar-refractivity contribution is 7.99. The second kappa shape index (κ2) is 7.97. The average molecular weight is 242 g/mol. The van der Waals surface area contributed by atoms with Crippen molar-refractivity contribution in [3.63, 3.8) is 0 Å². The Morgan fingerprint density at radius 3 is 2.44 bits per heavy atom. The third kappa shape index (κ3) is 6.40. The molecule has 2 atom stereocenters. The van der Waals surface area contributed by atoms with Crippen LogP contribution in [0.2, 0.25) is 0 Å². The van der Waals surface area contributed by atoms with Crippen LogP contribution in [-0.4, -0.2) is 23.1 Å². The van der Waals surface area contributed by atoms with Gasteiger partial charge in [0.1, 0.15) is 5.54 Å². The lowest BCUT2D eigenvalue weighted by molar-refractivity contribution is 0.437. The molecule has 2 nitrogen and oxygen atoms in total. The Morgan fingerprint density at radius 1 is 1.38 bits per heavy atom. The summed E-state index contributed by atoms with van der Waals surface area (Å²) >= 11 is 1.97. The number of nitriles is 1. The molecular formula is C13H26N2S. The first-order chi connectivity index (χ1) is 7.45. The Balaban J connectivity index is 3.92. The molecule has 0 rings (SSSR count). The summed E-state index contributed by atoms with van der Waals surface area (Å²) in [4.78, 5) is 0. The Kier molecular flexibility index (Phi) is 7.87. The molecule has 2 unspecified atom stereocenters. The number of rotatable bonds is 8. The largest absolute Gasteiger partial charge is 0.300 e. The number of thioether (sulfide) groups is 1. The van der Waals surface area contributed by atoms with Crippen LogP contribution in [0, 0.1) is 17.2 Å². The first-order valence-corrected chi connectivity index (χ1v) is 7.28. The van der Waals surface area contributed by atoms with E-state index < -0.39 is 0 Å². The summed E-state index contributed by atoms with van der Waals surface area (Å²) < 4.78 is 0. The molecule has 0 amide bonds. The van der Waals surface area contributed by atoms with Crippen LogP contribution in [0.3, 0.4) is 0 Å². The van der Waals surface area contributed by atoms with E-state index in [0.29, 0.717) is 11.2 Å². The molecule has 0 fully saturated rings. The van der Waals surface area contributed by atoms with Gasteiger partial charge < -0.3 is 0 Å². The van der Waals surface area contributed by atoms with Gasteiger partial charge in [0.05, 0.1) is 6.07 Å². The second-order valence-corrected chi connectivity index (χ2v) is 6.43. The standard InChI is InChI=1S/C13H26N2S/c1-6-8-15-13(5,10-14)7-9-16-12(4)11(2)3/h11-12,15H,6-9H2,1-5H3. The molecule has 0 saturated carbocycles. The highest BCUT2D eigenvalue weighted by atomic mass is 32.2. The fourth-order valence-electron chi connectivity index (χ4n) is 1.23. The minimum Gasteiger partial charge on any atom is -0.300 e. The van der Waals surface area contributed by atoms with Crippen molar-refractivity contribution >= 4 is 11.8 Å². The molecule has 0 aliphatic rings. The number of hydrogen-bond donors (Lipinski definition) is 1. The minimum absolute atomic E-state index is 0.348. The second-order valence-electron chi connectivity index (χ2n) is 4.94. The molecule has 16 heavy (non-hydrogen) atoms. The highest BCUT2D eigenvalue weighted by Gasteiger charge is 2.22. The SMILES string of the molecule is CCCNC(C)(C#N)CCSC(C)C(C)C. The van der Waals surface area contributed by atoms with Crippen LogP contribution in [0.5, 0.6) is 0 Å². The van der Waals surface area contributed by atoms with Crippen LogP contribution >= 0.6 is 11.8 Å². The summed E-state index contributed by atoms with van der Waals surface area (Å²) in [5.41, 5.74) is -0.348. The quantitative estimate of drug-likeness (QED) is 0.708. The highest BCUT2D eigenvalue weighted by Crippen LogP contribution is 2.22. The lowest BCUT2D eigenvalue weighted by Gasteiger charge is -2.24. The molecule has 0 bridgehead atoms. The van der Waals surface area contributed by atoms with Gasteiger partial charge in [-0.2, -0.15) is 17.0 Å². The van der Waals surface area contributed by atoms with Crippen molar-refractivity contribution < 1.29 is 0 Å². The number of nitrogens with zero attached hydrogens (tertiary/aromatic N) is 1. The topological polar surface area (TPSA) is 35.8 Å². The summed E-state index contributed by atoms with van der Waals surface area (Å²) in [5.74, 6) is 1.77. The van der Waals surface area contributed by atoms with E-state index in [-0.39, 0.29) is 5.54 Å². The Labute approximate surface area is 105 Å². The van der Waals surface area contributed by atoms with E-state index in [2.05, 4.69) is 39.1 Å². The van der Waals surface area contributed by atoms with E-state index in [1.165, 1.54) is 0 Å². The van der Waals surface area contributed by atoms with E-state index in [0.717, 1.165) is 25.1 Å². The fourth-order valence-corrected chi connectivity index (χ4v) is 2.51. The molecule has 1 N–H and O–H groups in total. The normalized spacial score (nSPS) is 16.8. The van der Waals surface area contributed by atoms with Gasteiger partial charge in [-0.15, -0.1) is 0 Å². The van der Waals surface area contributed by atoms with Crippen LogP contribution in [0.4, 0.5) is 0 Å². The van der Waals surface area contributed by atoms with Crippen molar-refractivity contribution in [1.29, 1.82) is 5.26 Å². The molecule has 0 aromatic carbocycles. The van der Waals surface area contributed by atoms with E-state index in [9.17, 15) is 0 Å². The zero-order valence-corrected chi connectivity index (χ0v) is 12.2. The van der Waals surface area contributed by atoms with Crippen LogP contribution in [-0.2, 0) is 0 Å². The van der Waals surface area contributed by atoms with Gasteiger partial charge in [-0.3, -0.25) is 5.32 Å². The van der Waals surface area contributed by atoms with Gasteiger partial charge in [0.2, 0.25) is 0 Å². The van der Waals surface area contributed by atoms with E-state index >= 15 is 0 Å². The number of nitrogens with one attached hydrogen (secondary N) is 1. The molecule has 0 spiro atoms. The zero-order valence-electron chi connectivity index (χ0n) is 11.3. The van der Waals surface area contributed by atoms with Crippen molar-refractivity contribution in [2.24, 2.45) is 5.92 Å². The van der Waals surface area contributed by atoms with Crippen LogP contribution in [0.15, 0.2) is 0 Å². The van der Waals surface area contributed by atoms with Gasteiger partial charge in [0, 0.05) is 5.25 Å². The third-order valence-corrected chi connectivity index (χ3v) is 4.44. The smallest absolute Gasteiger partial charge is 0.104 e. The van der Waals surface area contributed by atoms with Crippen molar-refractivity contribution in [2.45, 2.75) is 58.2 Å². The molecule has 0 aromatic rings. The maximum atomic E-state index is 9.16.